The zero-order valence-electron chi connectivity index (χ0n) is 12.6. The lowest BCUT2D eigenvalue weighted by molar-refractivity contribution is 0.568. The van der Waals surface area contributed by atoms with E-state index in [9.17, 15) is 12.8 Å². The Balaban J connectivity index is 2.11. The van der Waals surface area contributed by atoms with Crippen LogP contribution < -0.4 is 5.14 Å². The highest BCUT2D eigenvalue weighted by atomic mass is 79.9. The van der Waals surface area contributed by atoms with Gasteiger partial charge in [-0.2, -0.15) is 11.3 Å². The van der Waals surface area contributed by atoms with E-state index in [1.54, 1.807) is 6.07 Å². The average molecular weight is 426 g/mol. The number of nitrogens with two attached hydrogens (primary N) is 1. The van der Waals surface area contributed by atoms with Gasteiger partial charge in [-0.25, -0.2) is 17.9 Å². The van der Waals surface area contributed by atoms with Crippen molar-refractivity contribution in [3.63, 3.8) is 0 Å². The topological polar surface area (TPSA) is 60.2 Å². The molecule has 0 aliphatic heterocycles. The summed E-state index contributed by atoms with van der Waals surface area (Å²) in [6.07, 6.45) is 0. The minimum absolute atomic E-state index is 0.498. The van der Waals surface area contributed by atoms with Gasteiger partial charge in [0.2, 0.25) is 10.0 Å². The lowest BCUT2D eigenvalue weighted by Crippen LogP contribution is -2.13. The third kappa shape index (κ3) is 3.30. The molecule has 1 heterocycles. The number of sulfonamides is 1. The summed E-state index contributed by atoms with van der Waals surface area (Å²) < 4.78 is 37.8. The number of thiophene rings is 1. The molecule has 0 fully saturated rings. The van der Waals surface area contributed by atoms with Gasteiger partial charge in [-0.15, -0.1) is 0 Å². The second-order valence-electron chi connectivity index (χ2n) is 5.35. The number of primary sulfonamides is 1. The SMILES string of the molecule is Cc1cc(-c2cscc2-c2ccc(S(N)(=O)=O)c(F)c2)ccc1Br. The molecule has 1 aromatic heterocycles. The number of hydrogen-bond donors (Lipinski definition) is 1. The second-order valence-corrected chi connectivity index (χ2v) is 8.48. The fourth-order valence-electron chi connectivity index (χ4n) is 2.46. The van der Waals surface area contributed by atoms with Crippen LogP contribution in [0.25, 0.3) is 22.3 Å². The Morgan fingerprint density at radius 2 is 1.62 bits per heavy atom. The van der Waals surface area contributed by atoms with Crippen LogP contribution >= 0.6 is 27.3 Å². The summed E-state index contributed by atoms with van der Waals surface area (Å²) in [7, 11) is -4.07. The van der Waals surface area contributed by atoms with Gasteiger partial charge in [0.1, 0.15) is 10.7 Å². The van der Waals surface area contributed by atoms with Gasteiger partial charge < -0.3 is 0 Å². The molecular formula is C17H13BrFNO2S2. The molecule has 0 unspecified atom stereocenters. The summed E-state index contributed by atoms with van der Waals surface area (Å²) in [6, 6.07) is 9.98. The van der Waals surface area contributed by atoms with Gasteiger partial charge in [0.05, 0.1) is 0 Å². The molecule has 3 nitrogen and oxygen atoms in total. The third-order valence-corrected chi connectivity index (χ3v) is 6.26. The predicted molar refractivity (Wildman–Crippen MR) is 99.0 cm³/mol. The van der Waals surface area contributed by atoms with Crippen LogP contribution in [0.3, 0.4) is 0 Å². The van der Waals surface area contributed by atoms with Crippen molar-refractivity contribution in [2.75, 3.05) is 0 Å². The Morgan fingerprint density at radius 1 is 1.04 bits per heavy atom. The Morgan fingerprint density at radius 3 is 2.17 bits per heavy atom. The van der Waals surface area contributed by atoms with Gasteiger partial charge in [0, 0.05) is 15.6 Å². The van der Waals surface area contributed by atoms with Gasteiger partial charge in [-0.3, -0.25) is 0 Å². The maximum Gasteiger partial charge on any atom is 0.240 e. The van der Waals surface area contributed by atoms with Crippen molar-refractivity contribution < 1.29 is 12.8 Å². The van der Waals surface area contributed by atoms with E-state index in [-0.39, 0.29) is 0 Å². The van der Waals surface area contributed by atoms with Crippen LogP contribution in [0, 0.1) is 12.7 Å². The molecule has 0 amide bonds. The molecule has 0 saturated heterocycles. The number of benzene rings is 2. The standard InChI is InChI=1S/C17H13BrFNO2S2/c1-10-6-11(2-4-15(10)18)13-8-23-9-14(13)12-3-5-17(16(19)7-12)24(20,21)22/h2-9H,1H3,(H2,20,21,22). The minimum Gasteiger partial charge on any atom is -0.225 e. The molecule has 0 saturated carbocycles. The highest BCUT2D eigenvalue weighted by Gasteiger charge is 2.17. The zero-order valence-corrected chi connectivity index (χ0v) is 15.8. The summed E-state index contributed by atoms with van der Waals surface area (Å²) in [5.41, 5.74) is 4.54. The molecule has 7 heteroatoms. The maximum atomic E-state index is 14.1. The molecule has 0 aliphatic rings. The molecule has 0 aliphatic carbocycles. The van der Waals surface area contributed by atoms with Gasteiger partial charge in [-0.05, 0) is 52.6 Å². The van der Waals surface area contributed by atoms with Gasteiger partial charge in [-0.1, -0.05) is 34.1 Å². The molecular weight excluding hydrogens is 413 g/mol. The number of hydrogen-bond acceptors (Lipinski definition) is 3. The van der Waals surface area contributed by atoms with E-state index in [2.05, 4.69) is 15.9 Å². The Kier molecular flexibility index (Phi) is 4.61. The average Bonchev–Trinajstić information content (AvgIpc) is 2.98. The molecule has 2 aromatic carbocycles. The number of halogens is 2. The summed E-state index contributed by atoms with van der Waals surface area (Å²) in [6.45, 7) is 2.00. The van der Waals surface area contributed by atoms with Crippen molar-refractivity contribution in [3.05, 3.63) is 63.0 Å². The molecule has 0 spiro atoms. The molecule has 124 valence electrons. The predicted octanol–water partition coefficient (Wildman–Crippen LogP) is 4.94. The summed E-state index contributed by atoms with van der Waals surface area (Å²) in [5, 5.41) is 8.91. The van der Waals surface area contributed by atoms with Crippen LogP contribution in [0.4, 0.5) is 4.39 Å². The van der Waals surface area contributed by atoms with E-state index in [1.165, 1.54) is 23.5 Å². The highest BCUT2D eigenvalue weighted by molar-refractivity contribution is 9.10. The largest absolute Gasteiger partial charge is 0.240 e. The van der Waals surface area contributed by atoms with Crippen LogP contribution in [0.1, 0.15) is 5.56 Å². The van der Waals surface area contributed by atoms with E-state index in [0.29, 0.717) is 5.56 Å². The maximum absolute atomic E-state index is 14.1. The smallest absolute Gasteiger partial charge is 0.225 e. The van der Waals surface area contributed by atoms with E-state index in [1.807, 2.05) is 35.9 Å². The molecule has 2 N–H and O–H groups in total. The first-order valence-corrected chi connectivity index (χ1v) is 10.2. The van der Waals surface area contributed by atoms with E-state index in [4.69, 9.17) is 5.14 Å². The zero-order chi connectivity index (χ0) is 17.5. The molecule has 24 heavy (non-hydrogen) atoms. The first-order chi connectivity index (χ1) is 11.3. The Labute approximate surface area is 152 Å². The lowest BCUT2D eigenvalue weighted by Gasteiger charge is -2.08. The van der Waals surface area contributed by atoms with E-state index in [0.717, 1.165) is 26.7 Å². The molecule has 0 radical (unpaired) electrons. The first-order valence-electron chi connectivity index (χ1n) is 6.93. The van der Waals surface area contributed by atoms with E-state index >= 15 is 0 Å². The summed E-state index contributed by atoms with van der Waals surface area (Å²) in [5.74, 6) is -0.848. The van der Waals surface area contributed by atoms with Gasteiger partial charge in [0.25, 0.3) is 0 Å². The summed E-state index contributed by atoms with van der Waals surface area (Å²) >= 11 is 4.98. The Hall–Kier alpha value is -1.54. The third-order valence-electron chi connectivity index (χ3n) is 3.68. The van der Waals surface area contributed by atoms with Gasteiger partial charge >= 0.3 is 0 Å². The summed E-state index contributed by atoms with van der Waals surface area (Å²) in [4.78, 5) is -0.498. The lowest BCUT2D eigenvalue weighted by atomic mass is 9.98. The molecule has 0 bridgehead atoms. The molecule has 3 aromatic rings. The van der Waals surface area contributed by atoms with Crippen molar-refractivity contribution in [3.8, 4) is 22.3 Å². The Bertz CT molecular complexity index is 1030. The van der Waals surface area contributed by atoms with Crippen LogP contribution in [0.2, 0.25) is 0 Å². The number of rotatable bonds is 3. The number of aryl methyl sites for hydroxylation is 1. The molecule has 3 rings (SSSR count). The monoisotopic (exact) mass is 425 g/mol. The van der Waals surface area contributed by atoms with Crippen molar-refractivity contribution >= 4 is 37.3 Å². The van der Waals surface area contributed by atoms with Gasteiger partial charge in [0.15, 0.2) is 0 Å². The van der Waals surface area contributed by atoms with E-state index < -0.39 is 20.7 Å². The quantitative estimate of drug-likeness (QED) is 0.645. The highest BCUT2D eigenvalue weighted by Crippen LogP contribution is 2.37. The fraction of sp³-hybridized carbons (Fsp3) is 0.0588. The van der Waals surface area contributed by atoms with Crippen molar-refractivity contribution in [2.24, 2.45) is 5.14 Å². The molecule has 0 atom stereocenters. The van der Waals surface area contributed by atoms with Crippen molar-refractivity contribution in [2.45, 2.75) is 11.8 Å². The van der Waals surface area contributed by atoms with Crippen LogP contribution in [-0.4, -0.2) is 8.42 Å². The van der Waals surface area contributed by atoms with Crippen molar-refractivity contribution in [1.29, 1.82) is 0 Å². The fourth-order valence-corrected chi connectivity index (χ4v) is 4.16. The first kappa shape index (κ1) is 17.3. The van der Waals surface area contributed by atoms with Crippen LogP contribution in [0.5, 0.6) is 0 Å². The normalized spacial score (nSPS) is 11.7. The second kappa shape index (κ2) is 6.40. The van der Waals surface area contributed by atoms with Crippen molar-refractivity contribution in [1.82, 2.24) is 0 Å². The minimum atomic E-state index is -4.07. The van der Waals surface area contributed by atoms with Crippen LogP contribution in [0.15, 0.2) is 56.5 Å². The van der Waals surface area contributed by atoms with Crippen LogP contribution in [-0.2, 0) is 10.0 Å².